The van der Waals surface area contributed by atoms with Gasteiger partial charge in [0.05, 0.1) is 6.04 Å². The van der Waals surface area contributed by atoms with Gasteiger partial charge in [0.15, 0.2) is 0 Å². The van der Waals surface area contributed by atoms with E-state index in [0.717, 1.165) is 24.0 Å². The topological polar surface area (TPSA) is 49.3 Å². The van der Waals surface area contributed by atoms with E-state index in [2.05, 4.69) is 67.7 Å². The van der Waals surface area contributed by atoms with E-state index in [1.165, 1.54) is 88.2 Å². The van der Waals surface area contributed by atoms with Crippen LogP contribution in [0, 0.1) is 0 Å². The zero-order valence-corrected chi connectivity index (χ0v) is 22.9. The third-order valence-electron chi connectivity index (χ3n) is 7.93. The number of unbranched alkanes of at least 4 members (excludes halogenated alkanes) is 10. The highest BCUT2D eigenvalue weighted by atomic mass is 16.3. The Hall–Kier alpha value is -2.13. The van der Waals surface area contributed by atoms with E-state index < -0.39 is 5.60 Å². The average molecular weight is 492 g/mol. The van der Waals surface area contributed by atoms with Crippen molar-refractivity contribution in [2.75, 3.05) is 0 Å². The second-order valence-electron chi connectivity index (χ2n) is 10.9. The summed E-state index contributed by atoms with van der Waals surface area (Å²) in [6.45, 7) is 4.51. The predicted octanol–water partition coefficient (Wildman–Crippen LogP) is 8.01. The molecule has 36 heavy (non-hydrogen) atoms. The maximum absolute atomic E-state index is 12.1. The minimum Gasteiger partial charge on any atom is -0.378 e. The molecule has 0 radical (unpaired) electrons. The molecule has 1 saturated heterocycles. The van der Waals surface area contributed by atoms with Gasteiger partial charge in [-0.15, -0.1) is 0 Å². The Bertz CT molecular complexity index is 827. The van der Waals surface area contributed by atoms with Gasteiger partial charge in [-0.3, -0.25) is 4.79 Å². The molecule has 0 bridgehead atoms. The summed E-state index contributed by atoms with van der Waals surface area (Å²) in [5.74, 6) is 0.0258. The van der Waals surface area contributed by atoms with Crippen LogP contribution in [0.5, 0.6) is 0 Å². The Morgan fingerprint density at radius 2 is 1.11 bits per heavy atom. The predicted molar refractivity (Wildman–Crippen MR) is 151 cm³/mol. The van der Waals surface area contributed by atoms with Gasteiger partial charge in [0, 0.05) is 6.42 Å². The molecule has 3 nitrogen and oxygen atoms in total. The first kappa shape index (κ1) is 28.4. The molecule has 3 rings (SSSR count). The van der Waals surface area contributed by atoms with E-state index in [9.17, 15) is 9.90 Å². The van der Waals surface area contributed by atoms with Gasteiger partial charge in [-0.2, -0.15) is 0 Å². The molecule has 1 fully saturated rings. The normalized spacial score (nSPS) is 15.9. The van der Waals surface area contributed by atoms with Gasteiger partial charge in [0.2, 0.25) is 5.91 Å². The first-order valence-electron chi connectivity index (χ1n) is 14.8. The number of nitrogens with one attached hydrogen (secondary N) is 1. The van der Waals surface area contributed by atoms with Gasteiger partial charge >= 0.3 is 0 Å². The lowest BCUT2D eigenvalue weighted by molar-refractivity contribution is -0.120. The molecule has 0 aromatic heterocycles. The van der Waals surface area contributed by atoms with E-state index in [-0.39, 0.29) is 11.9 Å². The molecule has 0 spiro atoms. The fourth-order valence-electron chi connectivity index (χ4n) is 5.57. The molecule has 0 saturated carbocycles. The van der Waals surface area contributed by atoms with E-state index >= 15 is 0 Å². The third-order valence-corrected chi connectivity index (χ3v) is 7.93. The van der Waals surface area contributed by atoms with Crippen LogP contribution < -0.4 is 5.32 Å². The number of amides is 1. The van der Waals surface area contributed by atoms with Gasteiger partial charge in [-0.1, -0.05) is 127 Å². The molecule has 1 heterocycles. The SMILES string of the molecule is CCCCCCCCc1ccc(C(O)(c2ccc(CCCCCCCC)cc2)[C@@H]2CCC(=O)N2)cc1. The summed E-state index contributed by atoms with van der Waals surface area (Å²) in [4.78, 5) is 12.1. The molecular formula is C33H49NO2. The van der Waals surface area contributed by atoms with Crippen molar-refractivity contribution in [3.63, 3.8) is 0 Å². The van der Waals surface area contributed by atoms with Crippen molar-refractivity contribution in [1.29, 1.82) is 0 Å². The van der Waals surface area contributed by atoms with Gasteiger partial charge in [-0.05, 0) is 54.4 Å². The van der Waals surface area contributed by atoms with Crippen LogP contribution in [-0.2, 0) is 23.2 Å². The lowest BCUT2D eigenvalue weighted by atomic mass is 9.79. The van der Waals surface area contributed by atoms with Gasteiger partial charge < -0.3 is 10.4 Å². The van der Waals surface area contributed by atoms with Crippen molar-refractivity contribution in [2.24, 2.45) is 0 Å². The van der Waals surface area contributed by atoms with Gasteiger partial charge in [-0.25, -0.2) is 0 Å². The van der Waals surface area contributed by atoms with Crippen molar-refractivity contribution in [2.45, 2.75) is 128 Å². The molecule has 3 heteroatoms. The van der Waals surface area contributed by atoms with Crippen LogP contribution in [0.2, 0.25) is 0 Å². The zero-order valence-electron chi connectivity index (χ0n) is 22.9. The van der Waals surface area contributed by atoms with E-state index in [0.29, 0.717) is 12.8 Å². The van der Waals surface area contributed by atoms with Crippen LogP contribution in [0.15, 0.2) is 48.5 Å². The van der Waals surface area contributed by atoms with Crippen LogP contribution in [0.4, 0.5) is 0 Å². The molecule has 198 valence electrons. The fraction of sp³-hybridized carbons (Fsp3) is 0.606. The number of hydrogen-bond acceptors (Lipinski definition) is 2. The molecule has 1 aliphatic rings. The number of carbonyl (C=O) groups excluding carboxylic acids is 1. The quantitative estimate of drug-likeness (QED) is 0.220. The molecule has 1 atom stereocenters. The van der Waals surface area contributed by atoms with E-state index in [4.69, 9.17) is 0 Å². The Morgan fingerprint density at radius 1 is 0.694 bits per heavy atom. The first-order valence-corrected chi connectivity index (χ1v) is 14.8. The molecule has 2 N–H and O–H groups in total. The highest BCUT2D eigenvalue weighted by Gasteiger charge is 2.43. The van der Waals surface area contributed by atoms with Crippen molar-refractivity contribution >= 4 is 5.91 Å². The minimum absolute atomic E-state index is 0.0258. The van der Waals surface area contributed by atoms with Crippen molar-refractivity contribution in [3.05, 3.63) is 70.8 Å². The first-order chi connectivity index (χ1) is 17.6. The Labute approximate surface area is 220 Å². The number of benzene rings is 2. The monoisotopic (exact) mass is 491 g/mol. The zero-order chi connectivity index (χ0) is 25.6. The summed E-state index contributed by atoms with van der Waals surface area (Å²) in [6.07, 6.45) is 18.8. The largest absolute Gasteiger partial charge is 0.378 e. The second-order valence-corrected chi connectivity index (χ2v) is 10.9. The molecule has 1 aliphatic heterocycles. The third kappa shape index (κ3) is 8.20. The van der Waals surface area contributed by atoms with Gasteiger partial charge in [0.1, 0.15) is 5.60 Å². The highest BCUT2D eigenvalue weighted by Crippen LogP contribution is 2.37. The van der Waals surface area contributed by atoms with Crippen LogP contribution in [-0.4, -0.2) is 17.1 Å². The van der Waals surface area contributed by atoms with Crippen LogP contribution in [0.3, 0.4) is 0 Å². The number of carbonyl (C=O) groups is 1. The number of rotatable bonds is 17. The molecule has 1 amide bonds. The standard InChI is InChI=1S/C33H49NO2/c1-3-5-7-9-11-13-15-27-17-21-29(22-18-27)33(36,31-25-26-32(35)34-31)30-23-19-28(20-24-30)16-14-12-10-8-6-4-2/h17-24,31,36H,3-16,25-26H2,1-2H3,(H,34,35)/t31-/m0/s1. The number of hydrogen-bond donors (Lipinski definition) is 2. The lowest BCUT2D eigenvalue weighted by Gasteiger charge is -2.35. The molecule has 2 aromatic rings. The van der Waals surface area contributed by atoms with Crippen molar-refractivity contribution < 1.29 is 9.90 Å². The minimum atomic E-state index is -1.22. The Kier molecular flexibility index (Phi) is 12.0. The maximum atomic E-state index is 12.1. The molecule has 0 unspecified atom stereocenters. The van der Waals surface area contributed by atoms with E-state index in [1.54, 1.807) is 0 Å². The number of aryl methyl sites for hydroxylation is 2. The van der Waals surface area contributed by atoms with Crippen LogP contribution in [0.1, 0.15) is 126 Å². The summed E-state index contributed by atoms with van der Waals surface area (Å²) in [5, 5.41) is 15.2. The molecule has 2 aromatic carbocycles. The molecule has 0 aliphatic carbocycles. The maximum Gasteiger partial charge on any atom is 0.220 e. The van der Waals surface area contributed by atoms with Crippen molar-refractivity contribution in [1.82, 2.24) is 5.32 Å². The summed E-state index contributed by atoms with van der Waals surface area (Å²) < 4.78 is 0. The summed E-state index contributed by atoms with van der Waals surface area (Å²) >= 11 is 0. The lowest BCUT2D eigenvalue weighted by Crippen LogP contribution is -2.47. The van der Waals surface area contributed by atoms with E-state index in [1.807, 2.05) is 0 Å². The summed E-state index contributed by atoms with van der Waals surface area (Å²) in [7, 11) is 0. The Balaban J connectivity index is 1.66. The van der Waals surface area contributed by atoms with Gasteiger partial charge in [0.25, 0.3) is 0 Å². The summed E-state index contributed by atoms with van der Waals surface area (Å²) in [6, 6.07) is 16.6. The summed E-state index contributed by atoms with van der Waals surface area (Å²) in [5.41, 5.74) is 3.15. The number of aliphatic hydroxyl groups is 1. The fourth-order valence-corrected chi connectivity index (χ4v) is 5.57. The Morgan fingerprint density at radius 3 is 1.50 bits per heavy atom. The average Bonchev–Trinajstić information content (AvgIpc) is 3.35. The van der Waals surface area contributed by atoms with Crippen molar-refractivity contribution in [3.8, 4) is 0 Å². The second kappa shape index (κ2) is 15.2. The smallest absolute Gasteiger partial charge is 0.220 e. The van der Waals surface area contributed by atoms with Crippen LogP contribution >= 0.6 is 0 Å². The highest BCUT2D eigenvalue weighted by molar-refractivity contribution is 5.79. The molecular weight excluding hydrogens is 442 g/mol. The van der Waals surface area contributed by atoms with Crippen LogP contribution in [0.25, 0.3) is 0 Å².